The minimum atomic E-state index is -0.341. The molecular weight excluding hydrogens is 380 g/mol. The molecule has 2 aliphatic rings. The number of carbonyl (C=O) groups is 1. The van der Waals surface area contributed by atoms with E-state index in [4.69, 9.17) is 0 Å². The Kier molecular flexibility index (Phi) is 5.89. The fraction of sp³-hybridized carbons (Fsp3) is 0.536. The van der Waals surface area contributed by atoms with E-state index in [0.717, 1.165) is 56.3 Å². The van der Waals surface area contributed by atoms with Crippen LogP contribution in [-0.4, -0.2) is 18.5 Å². The molecule has 0 bridgehead atoms. The highest BCUT2D eigenvalue weighted by Crippen LogP contribution is 2.49. The summed E-state index contributed by atoms with van der Waals surface area (Å²) in [6.45, 7) is 12.5. The highest BCUT2D eigenvalue weighted by Gasteiger charge is 2.51. The van der Waals surface area contributed by atoms with Crippen LogP contribution in [0.1, 0.15) is 77.0 Å². The van der Waals surface area contributed by atoms with Crippen molar-refractivity contribution in [1.82, 2.24) is 0 Å². The largest absolute Gasteiger partial charge is 0.367 e. The normalized spacial score (nSPS) is 19.3. The van der Waals surface area contributed by atoms with Gasteiger partial charge in [-0.3, -0.25) is 4.79 Å². The van der Waals surface area contributed by atoms with Gasteiger partial charge in [-0.15, -0.1) is 0 Å². The topological polar surface area (TPSA) is 32.3 Å². The number of hydrogen-bond donors (Lipinski definition) is 1. The average Bonchev–Trinajstić information content (AvgIpc) is 3.46. The van der Waals surface area contributed by atoms with Crippen molar-refractivity contribution in [3.63, 3.8) is 0 Å². The van der Waals surface area contributed by atoms with Crippen LogP contribution < -0.4 is 10.2 Å². The number of nitrogens with zero attached hydrogens (tertiary/aromatic N) is 1. The monoisotopic (exact) mass is 418 g/mol. The van der Waals surface area contributed by atoms with Crippen molar-refractivity contribution in [2.75, 3.05) is 16.8 Å². The predicted molar refractivity (Wildman–Crippen MR) is 131 cm³/mol. The van der Waals surface area contributed by atoms with Gasteiger partial charge in [-0.2, -0.15) is 0 Å². The standard InChI is InChI=1S/C28H38N2O/c1-6-8-20-9-11-22(12-10-20)28(15-16-28)26(31)29-23-13-14-24-21(18-23)19-25(27(3,4)5)30(24)17-7-2/h9-14,18,25H,6-8,15-17,19H2,1-5H3,(H,29,31). The summed E-state index contributed by atoms with van der Waals surface area (Å²) in [6, 6.07) is 15.7. The maximum Gasteiger partial charge on any atom is 0.235 e. The summed E-state index contributed by atoms with van der Waals surface area (Å²) in [6.07, 6.45) is 6.31. The van der Waals surface area contributed by atoms with Crippen LogP contribution in [0.15, 0.2) is 42.5 Å². The molecule has 2 aromatic rings. The molecule has 3 heteroatoms. The van der Waals surface area contributed by atoms with E-state index in [1.165, 1.54) is 16.8 Å². The Morgan fingerprint density at radius 2 is 1.77 bits per heavy atom. The van der Waals surface area contributed by atoms with Crippen LogP contribution in [0.25, 0.3) is 0 Å². The van der Waals surface area contributed by atoms with Crippen LogP contribution >= 0.6 is 0 Å². The van der Waals surface area contributed by atoms with Crippen LogP contribution in [0.5, 0.6) is 0 Å². The first-order chi connectivity index (χ1) is 14.8. The third kappa shape index (κ3) is 4.24. The Bertz CT molecular complexity index is 934. The molecular formula is C28H38N2O. The van der Waals surface area contributed by atoms with Gasteiger partial charge in [0.05, 0.1) is 5.41 Å². The highest BCUT2D eigenvalue weighted by atomic mass is 16.2. The lowest BCUT2D eigenvalue weighted by Gasteiger charge is -2.36. The number of benzene rings is 2. The second-order valence-corrected chi connectivity index (χ2v) is 10.6. The van der Waals surface area contributed by atoms with Gasteiger partial charge >= 0.3 is 0 Å². The van der Waals surface area contributed by atoms with Crippen LogP contribution in [0.3, 0.4) is 0 Å². The first-order valence-electron chi connectivity index (χ1n) is 12.1. The zero-order valence-electron chi connectivity index (χ0n) is 19.9. The second-order valence-electron chi connectivity index (χ2n) is 10.6. The van der Waals surface area contributed by atoms with Gasteiger partial charge in [0.15, 0.2) is 0 Å². The van der Waals surface area contributed by atoms with E-state index in [1.807, 2.05) is 0 Å². The lowest BCUT2D eigenvalue weighted by molar-refractivity contribution is -0.118. The molecule has 3 nitrogen and oxygen atoms in total. The molecule has 1 N–H and O–H groups in total. The summed E-state index contributed by atoms with van der Waals surface area (Å²) >= 11 is 0. The number of anilines is 2. The summed E-state index contributed by atoms with van der Waals surface area (Å²) in [5, 5.41) is 3.26. The van der Waals surface area contributed by atoms with Crippen LogP contribution in [0, 0.1) is 5.41 Å². The number of nitrogens with one attached hydrogen (secondary N) is 1. The van der Waals surface area contributed by atoms with Crippen molar-refractivity contribution in [3.8, 4) is 0 Å². The zero-order chi connectivity index (χ0) is 22.2. The van der Waals surface area contributed by atoms with E-state index in [1.54, 1.807) is 0 Å². The molecule has 166 valence electrons. The molecule has 1 amide bonds. The molecule has 0 aromatic heterocycles. The van der Waals surface area contributed by atoms with Crippen LogP contribution in [0.2, 0.25) is 0 Å². The molecule has 4 rings (SSSR count). The van der Waals surface area contributed by atoms with Crippen molar-refractivity contribution < 1.29 is 4.79 Å². The number of carbonyl (C=O) groups excluding carboxylic acids is 1. The fourth-order valence-electron chi connectivity index (χ4n) is 5.19. The summed E-state index contributed by atoms with van der Waals surface area (Å²) < 4.78 is 0. The van der Waals surface area contributed by atoms with Gasteiger partial charge in [-0.1, -0.05) is 65.3 Å². The van der Waals surface area contributed by atoms with Gasteiger partial charge in [0.25, 0.3) is 0 Å². The number of rotatable bonds is 7. The van der Waals surface area contributed by atoms with Crippen molar-refractivity contribution >= 4 is 17.3 Å². The number of aryl methyl sites for hydroxylation is 1. The highest BCUT2D eigenvalue weighted by molar-refractivity contribution is 6.01. The van der Waals surface area contributed by atoms with E-state index < -0.39 is 0 Å². The molecule has 1 atom stereocenters. The molecule has 0 radical (unpaired) electrons. The van der Waals surface area contributed by atoms with Crippen molar-refractivity contribution in [2.45, 2.75) is 84.6 Å². The SMILES string of the molecule is CCCc1ccc(C2(C(=O)Nc3ccc4c(c3)CC(C(C)(C)C)N4CCC)CC2)cc1. The number of hydrogen-bond acceptors (Lipinski definition) is 2. The van der Waals surface area contributed by atoms with Crippen LogP contribution in [0.4, 0.5) is 11.4 Å². The van der Waals surface area contributed by atoms with Gasteiger partial charge in [0.1, 0.15) is 0 Å². The maximum absolute atomic E-state index is 13.3. The first-order valence-corrected chi connectivity index (χ1v) is 12.1. The molecule has 1 aliphatic heterocycles. The van der Waals surface area contributed by atoms with E-state index in [-0.39, 0.29) is 16.7 Å². The Hall–Kier alpha value is -2.29. The number of amides is 1. The minimum Gasteiger partial charge on any atom is -0.367 e. The Balaban J connectivity index is 1.51. The Labute approximate surface area is 188 Å². The number of fused-ring (bicyclic) bond motifs is 1. The maximum atomic E-state index is 13.3. The van der Waals surface area contributed by atoms with Crippen molar-refractivity contribution in [3.05, 3.63) is 59.2 Å². The molecule has 1 unspecified atom stereocenters. The average molecular weight is 419 g/mol. The zero-order valence-corrected chi connectivity index (χ0v) is 19.9. The first kappa shape index (κ1) is 21.9. The predicted octanol–water partition coefficient (Wildman–Crippen LogP) is 6.50. The molecule has 1 heterocycles. The molecule has 2 aromatic carbocycles. The van der Waals surface area contributed by atoms with E-state index in [2.05, 4.69) is 87.3 Å². The fourth-order valence-corrected chi connectivity index (χ4v) is 5.19. The summed E-state index contributed by atoms with van der Waals surface area (Å²) in [5.74, 6) is 0.145. The Morgan fingerprint density at radius 1 is 1.06 bits per heavy atom. The lowest BCUT2D eigenvalue weighted by atomic mass is 9.84. The van der Waals surface area contributed by atoms with Gasteiger partial charge < -0.3 is 10.2 Å². The molecule has 1 saturated carbocycles. The lowest BCUT2D eigenvalue weighted by Crippen LogP contribution is -2.42. The summed E-state index contributed by atoms with van der Waals surface area (Å²) in [4.78, 5) is 15.8. The smallest absolute Gasteiger partial charge is 0.235 e. The van der Waals surface area contributed by atoms with Crippen LogP contribution in [-0.2, 0) is 23.1 Å². The third-order valence-corrected chi connectivity index (χ3v) is 7.13. The quantitative estimate of drug-likeness (QED) is 0.557. The van der Waals surface area contributed by atoms with Gasteiger partial charge in [-0.05, 0) is 72.4 Å². The van der Waals surface area contributed by atoms with Crippen molar-refractivity contribution in [1.29, 1.82) is 0 Å². The third-order valence-electron chi connectivity index (χ3n) is 7.13. The van der Waals surface area contributed by atoms with Gasteiger partial charge in [-0.25, -0.2) is 0 Å². The second kappa shape index (κ2) is 8.33. The van der Waals surface area contributed by atoms with E-state index in [0.29, 0.717) is 6.04 Å². The van der Waals surface area contributed by atoms with E-state index >= 15 is 0 Å². The molecule has 1 aliphatic carbocycles. The summed E-state index contributed by atoms with van der Waals surface area (Å²) in [5.41, 5.74) is 6.03. The minimum absolute atomic E-state index is 0.145. The van der Waals surface area contributed by atoms with Crippen molar-refractivity contribution in [2.24, 2.45) is 5.41 Å². The van der Waals surface area contributed by atoms with Gasteiger partial charge in [0, 0.05) is 24.0 Å². The molecule has 31 heavy (non-hydrogen) atoms. The van der Waals surface area contributed by atoms with Gasteiger partial charge in [0.2, 0.25) is 5.91 Å². The molecule has 0 spiro atoms. The summed E-state index contributed by atoms with van der Waals surface area (Å²) in [7, 11) is 0. The molecule has 1 fully saturated rings. The Morgan fingerprint density at radius 3 is 2.35 bits per heavy atom. The molecule has 0 saturated heterocycles. The van der Waals surface area contributed by atoms with E-state index in [9.17, 15) is 4.79 Å².